The molecule has 0 bridgehead atoms. The highest BCUT2D eigenvalue weighted by molar-refractivity contribution is 6.03. The number of nitrogens with one attached hydrogen (secondary N) is 1. The number of aryl methyl sites for hydroxylation is 1. The van der Waals surface area contributed by atoms with Crippen molar-refractivity contribution in [2.45, 2.75) is 6.92 Å². The van der Waals surface area contributed by atoms with Gasteiger partial charge in [0.05, 0.1) is 6.54 Å². The zero-order chi connectivity index (χ0) is 22.3. The lowest BCUT2D eigenvalue weighted by atomic mass is 9.90. The summed E-state index contributed by atoms with van der Waals surface area (Å²) in [4.78, 5) is 24.0. The van der Waals surface area contributed by atoms with Crippen LogP contribution in [-0.4, -0.2) is 17.6 Å². The highest BCUT2D eigenvalue weighted by Gasteiger charge is 2.22. The van der Waals surface area contributed by atoms with E-state index in [1.54, 1.807) is 25.1 Å². The maximum atomic E-state index is 14.2. The molecule has 1 amide bonds. The van der Waals surface area contributed by atoms with Crippen molar-refractivity contribution in [3.8, 4) is 40.5 Å². The molecule has 0 spiro atoms. The Bertz CT molecular complexity index is 1430. The molecule has 4 rings (SSSR count). The summed E-state index contributed by atoms with van der Waals surface area (Å²) in [7, 11) is 0. The molecule has 1 aliphatic heterocycles. The quantitative estimate of drug-likeness (QED) is 0.385. The number of halogens is 2. The van der Waals surface area contributed by atoms with Gasteiger partial charge in [0, 0.05) is 34.2 Å². The Morgan fingerprint density at radius 1 is 1.13 bits per heavy atom. The Labute approximate surface area is 175 Å². The number of benzene rings is 3. The summed E-state index contributed by atoms with van der Waals surface area (Å²) in [5.74, 6) is -0.444. The summed E-state index contributed by atoms with van der Waals surface area (Å²) in [6.07, 6.45) is 5.16. The third-order valence-electron chi connectivity index (χ3n) is 4.95. The van der Waals surface area contributed by atoms with Gasteiger partial charge in [-0.2, -0.15) is 0 Å². The minimum Gasteiger partial charge on any atom is -0.505 e. The maximum absolute atomic E-state index is 14.2. The van der Waals surface area contributed by atoms with E-state index in [0.29, 0.717) is 22.3 Å². The molecule has 2 aromatic carbocycles. The highest BCUT2D eigenvalue weighted by atomic mass is 19.1. The van der Waals surface area contributed by atoms with Crippen LogP contribution in [0.3, 0.4) is 0 Å². The van der Waals surface area contributed by atoms with Crippen molar-refractivity contribution in [3.05, 3.63) is 75.4 Å². The second-order valence-corrected chi connectivity index (χ2v) is 6.97. The molecule has 0 saturated heterocycles. The molecule has 2 aliphatic rings. The van der Waals surface area contributed by atoms with Crippen LogP contribution in [0.15, 0.2) is 51.7 Å². The van der Waals surface area contributed by atoms with Gasteiger partial charge in [0.25, 0.3) is 5.91 Å². The number of phenols is 1. The minimum absolute atomic E-state index is 0.0780. The molecular formula is C24H15F2NO4. The van der Waals surface area contributed by atoms with E-state index in [-0.39, 0.29) is 34.7 Å². The molecule has 0 saturated carbocycles. The average molecular weight is 419 g/mol. The first kappa shape index (κ1) is 20.1. The van der Waals surface area contributed by atoms with Crippen molar-refractivity contribution in [1.29, 1.82) is 0 Å². The van der Waals surface area contributed by atoms with Gasteiger partial charge in [-0.1, -0.05) is 12.0 Å². The summed E-state index contributed by atoms with van der Waals surface area (Å²) < 4.78 is 34.0. The van der Waals surface area contributed by atoms with Gasteiger partial charge in [0.15, 0.2) is 17.4 Å². The zero-order valence-corrected chi connectivity index (χ0v) is 16.3. The predicted molar refractivity (Wildman–Crippen MR) is 112 cm³/mol. The van der Waals surface area contributed by atoms with E-state index in [0.717, 1.165) is 24.3 Å². The molecule has 1 heterocycles. The fourth-order valence-electron chi connectivity index (χ4n) is 3.51. The van der Waals surface area contributed by atoms with Crippen LogP contribution >= 0.6 is 0 Å². The monoisotopic (exact) mass is 419 g/mol. The second kappa shape index (κ2) is 7.58. The van der Waals surface area contributed by atoms with Gasteiger partial charge >= 0.3 is 0 Å². The van der Waals surface area contributed by atoms with Crippen LogP contribution in [-0.2, 0) is 0 Å². The number of phenolic OH excluding ortho intramolecular Hbond substituents is 1. The lowest BCUT2D eigenvalue weighted by Gasteiger charge is -2.17. The van der Waals surface area contributed by atoms with Gasteiger partial charge in [0.2, 0.25) is 5.43 Å². The zero-order valence-electron chi connectivity index (χ0n) is 16.3. The normalized spacial score (nSPS) is 10.9. The number of carbonyl (C=O) groups excluding carboxylic acids is 1. The Morgan fingerprint density at radius 3 is 2.61 bits per heavy atom. The molecular weight excluding hydrogens is 404 g/mol. The first-order valence-electron chi connectivity index (χ1n) is 9.21. The van der Waals surface area contributed by atoms with Crippen molar-refractivity contribution in [1.82, 2.24) is 5.32 Å². The third kappa shape index (κ3) is 3.49. The molecule has 1 aliphatic carbocycles. The lowest BCUT2D eigenvalue weighted by molar-refractivity contribution is 0.0958. The predicted octanol–water partition coefficient (Wildman–Crippen LogP) is 4.22. The number of amides is 1. The van der Waals surface area contributed by atoms with E-state index >= 15 is 0 Å². The number of rotatable bonds is 3. The number of hydrogen-bond donors (Lipinski definition) is 2. The second-order valence-electron chi connectivity index (χ2n) is 6.97. The van der Waals surface area contributed by atoms with E-state index in [2.05, 4.69) is 11.2 Å². The van der Waals surface area contributed by atoms with E-state index in [4.69, 9.17) is 10.8 Å². The molecule has 0 radical (unpaired) electrons. The van der Waals surface area contributed by atoms with Crippen molar-refractivity contribution < 1.29 is 23.1 Å². The summed E-state index contributed by atoms with van der Waals surface area (Å²) in [6.45, 7) is 1.82. The van der Waals surface area contributed by atoms with Gasteiger partial charge in [-0.05, 0) is 42.3 Å². The van der Waals surface area contributed by atoms with E-state index in [9.17, 15) is 23.5 Å². The largest absolute Gasteiger partial charge is 0.505 e. The molecule has 5 nitrogen and oxygen atoms in total. The van der Waals surface area contributed by atoms with Gasteiger partial charge in [-0.15, -0.1) is 6.42 Å². The van der Waals surface area contributed by atoms with Crippen LogP contribution in [0.25, 0.3) is 33.4 Å². The maximum Gasteiger partial charge on any atom is 0.252 e. The smallest absolute Gasteiger partial charge is 0.252 e. The van der Waals surface area contributed by atoms with Gasteiger partial charge in [-0.3, -0.25) is 9.59 Å². The van der Waals surface area contributed by atoms with Crippen LogP contribution in [0, 0.1) is 30.9 Å². The molecule has 154 valence electrons. The number of aromatic hydroxyl groups is 1. The number of carbonyl (C=O) groups is 1. The number of terminal acetylenes is 1. The first-order valence-corrected chi connectivity index (χ1v) is 9.21. The molecule has 2 aromatic rings. The topological polar surface area (TPSA) is 79.5 Å². The summed E-state index contributed by atoms with van der Waals surface area (Å²) >= 11 is 0. The summed E-state index contributed by atoms with van der Waals surface area (Å²) in [6, 6.07) is 9.04. The molecule has 0 atom stereocenters. The minimum atomic E-state index is -0.981. The Hall–Kier alpha value is -4.18. The van der Waals surface area contributed by atoms with E-state index in [1.165, 1.54) is 0 Å². The number of hydrogen-bond acceptors (Lipinski definition) is 4. The molecule has 7 heteroatoms. The molecule has 2 N–H and O–H groups in total. The Morgan fingerprint density at radius 2 is 1.90 bits per heavy atom. The molecule has 0 unspecified atom stereocenters. The van der Waals surface area contributed by atoms with Gasteiger partial charge in [0.1, 0.15) is 11.3 Å². The Kier molecular flexibility index (Phi) is 4.91. The standard InChI is InChI=1S/C24H15F2NO4/c1-3-6-27-24(30)13-4-5-14(12(2)7-13)23-15-8-17(25)19(28)10-21(15)31-22-11-20(29)18(26)9-16(22)23/h1,4-5,7-11,28H,6H2,2H3,(H,27,30). The van der Waals surface area contributed by atoms with Crippen LogP contribution < -0.4 is 10.7 Å². The summed E-state index contributed by atoms with van der Waals surface area (Å²) in [5.41, 5.74) is 1.49. The molecule has 31 heavy (non-hydrogen) atoms. The first-order chi connectivity index (χ1) is 14.8. The SMILES string of the molecule is C#CCNC(=O)c1ccc(-c2c3cc(F)c(=O)cc-3oc3cc(O)c(F)cc23)c(C)c1. The van der Waals surface area contributed by atoms with Crippen molar-refractivity contribution in [2.24, 2.45) is 0 Å². The molecule has 0 aromatic heterocycles. The van der Waals surface area contributed by atoms with Crippen molar-refractivity contribution in [2.75, 3.05) is 6.54 Å². The fourth-order valence-corrected chi connectivity index (χ4v) is 3.51. The van der Waals surface area contributed by atoms with E-state index in [1.807, 2.05) is 0 Å². The summed E-state index contributed by atoms with van der Waals surface area (Å²) in [5, 5.41) is 12.6. The van der Waals surface area contributed by atoms with Gasteiger partial charge in [-0.25, -0.2) is 8.78 Å². The van der Waals surface area contributed by atoms with Crippen LogP contribution in [0.4, 0.5) is 8.78 Å². The lowest BCUT2D eigenvalue weighted by Crippen LogP contribution is -2.23. The molecule has 0 fully saturated rings. The van der Waals surface area contributed by atoms with Gasteiger partial charge < -0.3 is 14.8 Å². The van der Waals surface area contributed by atoms with Crippen LogP contribution in [0.1, 0.15) is 15.9 Å². The van der Waals surface area contributed by atoms with Crippen LogP contribution in [0.2, 0.25) is 0 Å². The van der Waals surface area contributed by atoms with E-state index < -0.39 is 22.8 Å². The fraction of sp³-hybridized carbons (Fsp3) is 0.0833. The van der Waals surface area contributed by atoms with Crippen molar-refractivity contribution in [3.63, 3.8) is 0 Å². The highest BCUT2D eigenvalue weighted by Crippen LogP contribution is 2.42. The average Bonchev–Trinajstić information content (AvgIpc) is 2.73. The third-order valence-corrected chi connectivity index (χ3v) is 4.95. The number of fused-ring (bicyclic) bond motifs is 2. The van der Waals surface area contributed by atoms with Crippen LogP contribution in [0.5, 0.6) is 5.75 Å². The Balaban J connectivity index is 2.03. The van der Waals surface area contributed by atoms with Crippen molar-refractivity contribution >= 4 is 16.9 Å².